The van der Waals surface area contributed by atoms with Gasteiger partial charge in [0.2, 0.25) is 5.91 Å². The zero-order chi connectivity index (χ0) is 20.1. The lowest BCUT2D eigenvalue weighted by Crippen LogP contribution is -2.42. The first-order valence-electron chi connectivity index (χ1n) is 10.3. The van der Waals surface area contributed by atoms with E-state index >= 15 is 0 Å². The fourth-order valence-electron chi connectivity index (χ4n) is 4.15. The van der Waals surface area contributed by atoms with Gasteiger partial charge in [0.25, 0.3) is 0 Å². The average Bonchev–Trinajstić information content (AvgIpc) is 3.15. The highest BCUT2D eigenvalue weighted by atomic mass is 16.5. The van der Waals surface area contributed by atoms with E-state index in [1.807, 2.05) is 37.3 Å². The molecule has 0 spiro atoms. The highest BCUT2D eigenvalue weighted by Crippen LogP contribution is 2.29. The van der Waals surface area contributed by atoms with Crippen molar-refractivity contribution in [2.45, 2.75) is 32.2 Å². The van der Waals surface area contributed by atoms with Crippen molar-refractivity contribution in [2.75, 3.05) is 18.4 Å². The highest BCUT2D eigenvalue weighted by molar-refractivity contribution is 5.94. The topological polar surface area (TPSA) is 58.4 Å². The van der Waals surface area contributed by atoms with Crippen LogP contribution in [-0.4, -0.2) is 29.1 Å². The number of aryl methyl sites for hydroxylation is 1. The van der Waals surface area contributed by atoms with Crippen molar-refractivity contribution in [1.82, 2.24) is 10.1 Å². The Kier molecular flexibility index (Phi) is 6.06. The van der Waals surface area contributed by atoms with Gasteiger partial charge < -0.3 is 9.84 Å². The third kappa shape index (κ3) is 4.93. The van der Waals surface area contributed by atoms with E-state index in [0.717, 1.165) is 37.9 Å². The molecule has 1 unspecified atom stereocenters. The van der Waals surface area contributed by atoms with Crippen LogP contribution in [0.5, 0.6) is 0 Å². The molecule has 0 aliphatic carbocycles. The minimum atomic E-state index is -0.328. The molecule has 1 amide bonds. The van der Waals surface area contributed by atoms with E-state index in [2.05, 4.69) is 45.7 Å². The van der Waals surface area contributed by atoms with E-state index in [0.29, 0.717) is 17.5 Å². The van der Waals surface area contributed by atoms with E-state index in [9.17, 15) is 4.79 Å². The Balaban J connectivity index is 1.45. The van der Waals surface area contributed by atoms with Crippen molar-refractivity contribution in [3.63, 3.8) is 0 Å². The first kappa shape index (κ1) is 19.4. The van der Waals surface area contributed by atoms with Crippen LogP contribution in [0, 0.1) is 12.8 Å². The summed E-state index contributed by atoms with van der Waals surface area (Å²) in [5, 5.41) is 6.83. The molecule has 1 aromatic heterocycles. The van der Waals surface area contributed by atoms with Gasteiger partial charge in [-0.3, -0.25) is 9.69 Å². The molecule has 3 aromatic rings. The van der Waals surface area contributed by atoms with Crippen molar-refractivity contribution in [3.8, 4) is 0 Å². The zero-order valence-corrected chi connectivity index (χ0v) is 16.8. The van der Waals surface area contributed by atoms with Crippen molar-refractivity contribution >= 4 is 11.7 Å². The fourth-order valence-corrected chi connectivity index (χ4v) is 4.15. The smallest absolute Gasteiger partial charge is 0.247 e. The lowest BCUT2D eigenvalue weighted by molar-refractivity contribution is -0.122. The number of nitrogens with zero attached hydrogens (tertiary/aromatic N) is 2. The maximum absolute atomic E-state index is 13.2. The molecule has 2 aromatic carbocycles. The van der Waals surface area contributed by atoms with Crippen LogP contribution in [0.3, 0.4) is 0 Å². The number of piperidine rings is 1. The van der Waals surface area contributed by atoms with E-state index in [1.54, 1.807) is 6.07 Å². The van der Waals surface area contributed by atoms with Gasteiger partial charge in [-0.15, -0.1) is 0 Å². The summed E-state index contributed by atoms with van der Waals surface area (Å²) < 4.78 is 5.09. The molecular formula is C24H27N3O2. The van der Waals surface area contributed by atoms with Gasteiger partial charge in [-0.05, 0) is 56.3 Å². The standard InChI is InChI=1S/C24H27N3O2/c1-18-16-22(26-29-18)25-24(28)23(21-10-6-3-7-11-21)27-14-12-20(13-15-27)17-19-8-4-2-5-9-19/h2-11,16,20,23H,12-15,17H2,1H3,(H,25,26,28). The van der Waals surface area contributed by atoms with Crippen molar-refractivity contribution in [3.05, 3.63) is 83.6 Å². The molecule has 1 N–H and O–H groups in total. The maximum atomic E-state index is 13.2. The Morgan fingerprint density at radius 1 is 1.10 bits per heavy atom. The maximum Gasteiger partial charge on any atom is 0.247 e. The molecule has 1 aliphatic rings. The van der Waals surface area contributed by atoms with Gasteiger partial charge in [0, 0.05) is 6.07 Å². The Bertz CT molecular complexity index is 916. The molecular weight excluding hydrogens is 362 g/mol. The summed E-state index contributed by atoms with van der Waals surface area (Å²) in [7, 11) is 0. The Labute approximate surface area is 171 Å². The van der Waals surface area contributed by atoms with Gasteiger partial charge in [-0.25, -0.2) is 0 Å². The van der Waals surface area contributed by atoms with E-state index in [4.69, 9.17) is 4.52 Å². The third-order valence-electron chi connectivity index (χ3n) is 5.62. The van der Waals surface area contributed by atoms with Crippen molar-refractivity contribution in [2.24, 2.45) is 5.92 Å². The van der Waals surface area contributed by atoms with Crippen LogP contribution in [0.15, 0.2) is 71.3 Å². The van der Waals surface area contributed by atoms with Crippen molar-refractivity contribution in [1.29, 1.82) is 0 Å². The molecule has 1 saturated heterocycles. The summed E-state index contributed by atoms with van der Waals surface area (Å²) in [6.07, 6.45) is 3.29. The first-order chi connectivity index (χ1) is 14.2. The molecule has 0 bridgehead atoms. The minimum absolute atomic E-state index is 0.0639. The molecule has 4 rings (SSSR count). The lowest BCUT2D eigenvalue weighted by Gasteiger charge is -2.37. The molecule has 1 atom stereocenters. The second-order valence-corrected chi connectivity index (χ2v) is 7.79. The van der Waals surface area contributed by atoms with E-state index < -0.39 is 0 Å². The third-order valence-corrected chi connectivity index (χ3v) is 5.62. The van der Waals surface area contributed by atoms with Gasteiger partial charge in [0.05, 0.1) is 0 Å². The second kappa shape index (κ2) is 9.05. The van der Waals surface area contributed by atoms with Crippen LogP contribution in [0.4, 0.5) is 5.82 Å². The molecule has 1 fully saturated rings. The highest BCUT2D eigenvalue weighted by Gasteiger charge is 2.31. The van der Waals surface area contributed by atoms with Crippen LogP contribution < -0.4 is 5.32 Å². The zero-order valence-electron chi connectivity index (χ0n) is 16.8. The average molecular weight is 389 g/mol. The lowest BCUT2D eigenvalue weighted by atomic mass is 9.89. The molecule has 29 heavy (non-hydrogen) atoms. The van der Waals surface area contributed by atoms with Crippen LogP contribution in [0.2, 0.25) is 0 Å². The summed E-state index contributed by atoms with van der Waals surface area (Å²) in [5.41, 5.74) is 2.40. The van der Waals surface area contributed by atoms with E-state index in [-0.39, 0.29) is 11.9 Å². The Hall–Kier alpha value is -2.92. The molecule has 5 nitrogen and oxygen atoms in total. The Morgan fingerprint density at radius 3 is 2.38 bits per heavy atom. The minimum Gasteiger partial charge on any atom is -0.360 e. The number of hydrogen-bond acceptors (Lipinski definition) is 4. The summed E-state index contributed by atoms with van der Waals surface area (Å²) in [4.78, 5) is 15.5. The monoisotopic (exact) mass is 389 g/mol. The number of amides is 1. The number of nitrogens with one attached hydrogen (secondary N) is 1. The number of carbonyl (C=O) groups excluding carboxylic acids is 1. The van der Waals surface area contributed by atoms with Gasteiger partial charge in [0.15, 0.2) is 5.82 Å². The molecule has 2 heterocycles. The summed E-state index contributed by atoms with van der Waals surface area (Å²) in [6.45, 7) is 3.62. The number of anilines is 1. The van der Waals surface area contributed by atoms with Crippen LogP contribution in [0.1, 0.15) is 35.8 Å². The number of benzene rings is 2. The molecule has 1 aliphatic heterocycles. The fraction of sp³-hybridized carbons (Fsp3) is 0.333. The predicted octanol–water partition coefficient (Wildman–Crippen LogP) is 4.62. The van der Waals surface area contributed by atoms with Crippen molar-refractivity contribution < 1.29 is 9.32 Å². The first-order valence-corrected chi connectivity index (χ1v) is 10.3. The summed E-state index contributed by atoms with van der Waals surface area (Å²) in [6, 6.07) is 22.1. The summed E-state index contributed by atoms with van der Waals surface area (Å²) in [5.74, 6) is 1.74. The molecule has 5 heteroatoms. The van der Waals surface area contributed by atoms with Crippen LogP contribution >= 0.6 is 0 Å². The van der Waals surface area contributed by atoms with Gasteiger partial charge in [-0.1, -0.05) is 65.8 Å². The number of rotatable bonds is 6. The number of likely N-dealkylation sites (tertiary alicyclic amines) is 1. The van der Waals surface area contributed by atoms with Gasteiger partial charge >= 0.3 is 0 Å². The quantitative estimate of drug-likeness (QED) is 0.668. The number of carbonyl (C=O) groups is 1. The van der Waals surface area contributed by atoms with Crippen LogP contribution in [-0.2, 0) is 11.2 Å². The second-order valence-electron chi connectivity index (χ2n) is 7.79. The largest absolute Gasteiger partial charge is 0.360 e. The SMILES string of the molecule is Cc1cc(NC(=O)C(c2ccccc2)N2CCC(Cc3ccccc3)CC2)no1. The molecule has 0 saturated carbocycles. The Morgan fingerprint density at radius 2 is 1.76 bits per heavy atom. The van der Waals surface area contributed by atoms with Crippen LogP contribution in [0.25, 0.3) is 0 Å². The van der Waals surface area contributed by atoms with Gasteiger partial charge in [-0.2, -0.15) is 0 Å². The number of aromatic nitrogens is 1. The molecule has 0 radical (unpaired) electrons. The normalized spacial score (nSPS) is 16.4. The van der Waals surface area contributed by atoms with Gasteiger partial charge in [0.1, 0.15) is 11.8 Å². The van der Waals surface area contributed by atoms with E-state index in [1.165, 1.54) is 5.56 Å². The predicted molar refractivity (Wildman–Crippen MR) is 113 cm³/mol. The number of hydrogen-bond donors (Lipinski definition) is 1. The molecule has 150 valence electrons. The summed E-state index contributed by atoms with van der Waals surface area (Å²) >= 11 is 0.